The summed E-state index contributed by atoms with van der Waals surface area (Å²) in [6.45, 7) is 2.36. The van der Waals surface area contributed by atoms with Crippen molar-refractivity contribution in [2.75, 3.05) is 13.7 Å². The summed E-state index contributed by atoms with van der Waals surface area (Å²) >= 11 is 0. The van der Waals surface area contributed by atoms with Gasteiger partial charge in [0, 0.05) is 12.0 Å². The first-order chi connectivity index (χ1) is 11.0. The lowest BCUT2D eigenvalue weighted by molar-refractivity contribution is 0.414. The van der Waals surface area contributed by atoms with Crippen molar-refractivity contribution in [2.45, 2.75) is 30.1 Å². The van der Waals surface area contributed by atoms with Crippen LogP contribution in [0.2, 0.25) is 0 Å². The van der Waals surface area contributed by atoms with Gasteiger partial charge in [0.15, 0.2) is 0 Å². The van der Waals surface area contributed by atoms with Gasteiger partial charge in [-0.1, -0.05) is 29.8 Å². The van der Waals surface area contributed by atoms with Crippen LogP contribution in [0.25, 0.3) is 0 Å². The van der Waals surface area contributed by atoms with Gasteiger partial charge in [0.05, 0.1) is 12.0 Å². The molecule has 5 heteroatoms. The Morgan fingerprint density at radius 3 is 2.17 bits per heavy atom. The topological polar surface area (TPSA) is 55.4 Å². The van der Waals surface area contributed by atoms with Gasteiger partial charge in [-0.3, -0.25) is 0 Å². The highest BCUT2D eigenvalue weighted by Gasteiger charge is 2.44. The van der Waals surface area contributed by atoms with Crippen molar-refractivity contribution in [3.63, 3.8) is 0 Å². The monoisotopic (exact) mass is 331 g/mol. The quantitative estimate of drug-likeness (QED) is 0.885. The highest BCUT2D eigenvalue weighted by molar-refractivity contribution is 7.89. The first kappa shape index (κ1) is 16.0. The second-order valence-electron chi connectivity index (χ2n) is 6.15. The van der Waals surface area contributed by atoms with Crippen LogP contribution in [0.5, 0.6) is 5.75 Å². The fourth-order valence-electron chi connectivity index (χ4n) is 2.70. The maximum absolute atomic E-state index is 12.4. The van der Waals surface area contributed by atoms with Crippen LogP contribution in [0.1, 0.15) is 24.0 Å². The van der Waals surface area contributed by atoms with Crippen molar-refractivity contribution in [3.8, 4) is 5.75 Å². The molecule has 1 saturated carbocycles. The number of hydrogen-bond acceptors (Lipinski definition) is 3. The zero-order chi connectivity index (χ0) is 16.5. The molecule has 0 aliphatic heterocycles. The average Bonchev–Trinajstić information content (AvgIpc) is 3.35. The third-order valence-electron chi connectivity index (χ3n) is 4.49. The molecule has 1 N–H and O–H groups in total. The molecular formula is C18H21NO3S. The van der Waals surface area contributed by atoms with E-state index in [9.17, 15) is 8.42 Å². The van der Waals surface area contributed by atoms with Crippen LogP contribution in [-0.4, -0.2) is 22.1 Å². The van der Waals surface area contributed by atoms with E-state index in [1.807, 2.05) is 43.3 Å². The molecule has 0 bridgehead atoms. The lowest BCUT2D eigenvalue weighted by Gasteiger charge is -2.17. The Bertz CT molecular complexity index is 776. The van der Waals surface area contributed by atoms with E-state index in [-0.39, 0.29) is 5.41 Å². The Balaban J connectivity index is 1.72. The van der Waals surface area contributed by atoms with Crippen LogP contribution in [0.15, 0.2) is 53.4 Å². The summed E-state index contributed by atoms with van der Waals surface area (Å²) in [6, 6.07) is 14.8. The van der Waals surface area contributed by atoms with Crippen molar-refractivity contribution < 1.29 is 13.2 Å². The smallest absolute Gasteiger partial charge is 0.240 e. The first-order valence-corrected chi connectivity index (χ1v) is 9.14. The summed E-state index contributed by atoms with van der Waals surface area (Å²) in [5.74, 6) is 0.810. The molecule has 0 spiro atoms. The van der Waals surface area contributed by atoms with Crippen molar-refractivity contribution >= 4 is 10.0 Å². The molecule has 0 atom stereocenters. The van der Waals surface area contributed by atoms with Crippen LogP contribution in [-0.2, 0) is 15.4 Å². The predicted octanol–water partition coefficient (Wildman–Crippen LogP) is 3.01. The lowest BCUT2D eigenvalue weighted by atomic mass is 9.96. The van der Waals surface area contributed by atoms with Crippen molar-refractivity contribution in [3.05, 3.63) is 59.7 Å². The molecule has 0 amide bonds. The van der Waals surface area contributed by atoms with Gasteiger partial charge < -0.3 is 4.74 Å². The third kappa shape index (κ3) is 3.41. The summed E-state index contributed by atoms with van der Waals surface area (Å²) in [6.07, 6.45) is 1.99. The van der Waals surface area contributed by atoms with E-state index >= 15 is 0 Å². The summed E-state index contributed by atoms with van der Waals surface area (Å²) in [4.78, 5) is 0.314. The average molecular weight is 331 g/mol. The molecule has 0 aromatic heterocycles. The zero-order valence-corrected chi connectivity index (χ0v) is 14.2. The SMILES string of the molecule is COc1ccc(C2(CNS(=O)(=O)c3ccc(C)cc3)CC2)cc1. The van der Waals surface area contributed by atoms with Gasteiger partial charge in [0.25, 0.3) is 0 Å². The number of hydrogen-bond donors (Lipinski definition) is 1. The normalized spacial score (nSPS) is 16.1. The van der Waals surface area contributed by atoms with E-state index in [0.29, 0.717) is 11.4 Å². The molecule has 1 aliphatic rings. The van der Waals surface area contributed by atoms with E-state index in [0.717, 1.165) is 29.7 Å². The fraction of sp³-hybridized carbons (Fsp3) is 0.333. The molecule has 23 heavy (non-hydrogen) atoms. The molecule has 3 rings (SSSR count). The Morgan fingerprint density at radius 1 is 1.04 bits per heavy atom. The van der Waals surface area contributed by atoms with Crippen LogP contribution in [0, 0.1) is 6.92 Å². The molecule has 2 aromatic carbocycles. The number of ether oxygens (including phenoxy) is 1. The maximum atomic E-state index is 12.4. The summed E-state index contributed by atoms with van der Waals surface area (Å²) in [5.41, 5.74) is 2.12. The molecule has 4 nitrogen and oxygen atoms in total. The van der Waals surface area contributed by atoms with Gasteiger partial charge in [-0.15, -0.1) is 0 Å². The second kappa shape index (κ2) is 5.98. The Labute approximate surface area is 137 Å². The number of methoxy groups -OCH3 is 1. The summed E-state index contributed by atoms with van der Waals surface area (Å²) in [7, 11) is -1.83. The van der Waals surface area contributed by atoms with Gasteiger partial charge in [-0.05, 0) is 49.6 Å². The molecule has 1 fully saturated rings. The molecule has 2 aromatic rings. The minimum Gasteiger partial charge on any atom is -0.497 e. The molecule has 0 radical (unpaired) electrons. The zero-order valence-electron chi connectivity index (χ0n) is 13.4. The largest absolute Gasteiger partial charge is 0.497 e. The van der Waals surface area contributed by atoms with Crippen molar-refractivity contribution in [1.82, 2.24) is 4.72 Å². The van der Waals surface area contributed by atoms with Crippen molar-refractivity contribution in [1.29, 1.82) is 0 Å². The minimum absolute atomic E-state index is 0.0793. The highest BCUT2D eigenvalue weighted by Crippen LogP contribution is 2.48. The number of nitrogens with one attached hydrogen (secondary N) is 1. The third-order valence-corrected chi connectivity index (χ3v) is 5.90. The van der Waals surface area contributed by atoms with Crippen LogP contribution in [0.4, 0.5) is 0 Å². The second-order valence-corrected chi connectivity index (χ2v) is 7.91. The van der Waals surface area contributed by atoms with E-state index in [1.54, 1.807) is 19.2 Å². The van der Waals surface area contributed by atoms with E-state index < -0.39 is 10.0 Å². The molecular weight excluding hydrogens is 310 g/mol. The number of aryl methyl sites for hydroxylation is 1. The first-order valence-electron chi connectivity index (χ1n) is 7.66. The van der Waals surface area contributed by atoms with Crippen LogP contribution < -0.4 is 9.46 Å². The van der Waals surface area contributed by atoms with E-state index in [4.69, 9.17) is 4.74 Å². The fourth-order valence-corrected chi connectivity index (χ4v) is 3.82. The van der Waals surface area contributed by atoms with Crippen LogP contribution in [0.3, 0.4) is 0 Å². The van der Waals surface area contributed by atoms with Gasteiger partial charge in [0.1, 0.15) is 5.75 Å². The summed E-state index contributed by atoms with van der Waals surface area (Å²) < 4.78 is 32.8. The van der Waals surface area contributed by atoms with E-state index in [2.05, 4.69) is 4.72 Å². The highest BCUT2D eigenvalue weighted by atomic mass is 32.2. The van der Waals surface area contributed by atoms with Crippen LogP contribution >= 0.6 is 0 Å². The number of sulfonamides is 1. The Hall–Kier alpha value is -1.85. The molecule has 1 aliphatic carbocycles. The molecule has 0 heterocycles. The maximum Gasteiger partial charge on any atom is 0.240 e. The Morgan fingerprint density at radius 2 is 1.65 bits per heavy atom. The van der Waals surface area contributed by atoms with Gasteiger partial charge in [0.2, 0.25) is 10.0 Å². The lowest BCUT2D eigenvalue weighted by Crippen LogP contribution is -2.32. The molecule has 122 valence electrons. The molecule has 0 unspecified atom stereocenters. The Kier molecular flexibility index (Phi) is 4.17. The predicted molar refractivity (Wildman–Crippen MR) is 90.3 cm³/mol. The number of rotatable bonds is 6. The molecule has 0 saturated heterocycles. The summed E-state index contributed by atoms with van der Waals surface area (Å²) in [5, 5.41) is 0. The standard InChI is InChI=1S/C18H21NO3S/c1-14-3-9-17(10-4-14)23(20,21)19-13-18(11-12-18)15-5-7-16(22-2)8-6-15/h3-10,19H,11-13H2,1-2H3. The van der Waals surface area contributed by atoms with Gasteiger partial charge in [-0.25, -0.2) is 13.1 Å². The van der Waals surface area contributed by atoms with E-state index in [1.165, 1.54) is 0 Å². The van der Waals surface area contributed by atoms with Crippen molar-refractivity contribution in [2.24, 2.45) is 0 Å². The minimum atomic E-state index is -3.47. The van der Waals surface area contributed by atoms with Gasteiger partial charge in [-0.2, -0.15) is 0 Å². The van der Waals surface area contributed by atoms with Gasteiger partial charge >= 0.3 is 0 Å². The number of benzene rings is 2.